The summed E-state index contributed by atoms with van der Waals surface area (Å²) in [7, 11) is 1.59. The SMILES string of the molecule is COc1cccc(CCC(=O)Oc2cc(O)cc(O)c2)c1. The lowest BCUT2D eigenvalue weighted by Crippen LogP contribution is -2.09. The summed E-state index contributed by atoms with van der Waals surface area (Å²) in [6.45, 7) is 0. The number of esters is 1. The van der Waals surface area contributed by atoms with E-state index in [4.69, 9.17) is 9.47 Å². The topological polar surface area (TPSA) is 76.0 Å². The van der Waals surface area contributed by atoms with E-state index in [2.05, 4.69) is 0 Å². The number of carbonyl (C=O) groups is 1. The third kappa shape index (κ3) is 4.42. The van der Waals surface area contributed by atoms with Gasteiger partial charge in [0.05, 0.1) is 7.11 Å². The van der Waals surface area contributed by atoms with Crippen molar-refractivity contribution in [3.05, 3.63) is 48.0 Å². The highest BCUT2D eigenvalue weighted by molar-refractivity contribution is 5.73. The number of aryl methyl sites for hydroxylation is 1. The van der Waals surface area contributed by atoms with Gasteiger partial charge in [0.15, 0.2) is 0 Å². The standard InChI is InChI=1S/C16H16O5/c1-20-14-4-2-3-11(7-14)5-6-16(19)21-15-9-12(17)8-13(18)10-15/h2-4,7-10,17-18H,5-6H2,1H3. The number of methoxy groups -OCH3 is 1. The van der Waals surface area contributed by atoms with Crippen LogP contribution in [0, 0.1) is 0 Å². The second-order valence-electron chi connectivity index (χ2n) is 4.51. The molecule has 2 aromatic carbocycles. The molecular weight excluding hydrogens is 272 g/mol. The lowest BCUT2D eigenvalue weighted by molar-refractivity contribution is -0.134. The first kappa shape index (κ1) is 14.7. The van der Waals surface area contributed by atoms with Crippen LogP contribution < -0.4 is 9.47 Å². The fraction of sp³-hybridized carbons (Fsp3) is 0.188. The summed E-state index contributed by atoms with van der Waals surface area (Å²) in [6.07, 6.45) is 0.699. The highest BCUT2D eigenvalue weighted by Crippen LogP contribution is 2.26. The average Bonchev–Trinajstić information content (AvgIpc) is 2.44. The number of phenolic OH excluding ortho intramolecular Hbond substituents is 2. The van der Waals surface area contributed by atoms with Crippen LogP contribution in [-0.4, -0.2) is 23.3 Å². The zero-order chi connectivity index (χ0) is 15.2. The van der Waals surface area contributed by atoms with Crippen molar-refractivity contribution in [3.8, 4) is 23.0 Å². The second-order valence-corrected chi connectivity index (χ2v) is 4.51. The van der Waals surface area contributed by atoms with Gasteiger partial charge < -0.3 is 19.7 Å². The molecule has 0 unspecified atom stereocenters. The van der Waals surface area contributed by atoms with Crippen LogP contribution in [0.5, 0.6) is 23.0 Å². The fourth-order valence-electron chi connectivity index (χ4n) is 1.88. The minimum Gasteiger partial charge on any atom is -0.508 e. The van der Waals surface area contributed by atoms with Gasteiger partial charge in [-0.1, -0.05) is 12.1 Å². The van der Waals surface area contributed by atoms with Crippen molar-refractivity contribution in [1.29, 1.82) is 0 Å². The van der Waals surface area contributed by atoms with E-state index in [1.165, 1.54) is 12.1 Å². The van der Waals surface area contributed by atoms with Gasteiger partial charge in [-0.15, -0.1) is 0 Å². The quantitative estimate of drug-likeness (QED) is 0.653. The molecule has 5 heteroatoms. The molecule has 0 aliphatic carbocycles. The van der Waals surface area contributed by atoms with E-state index in [0.717, 1.165) is 17.4 Å². The number of hydrogen-bond acceptors (Lipinski definition) is 5. The monoisotopic (exact) mass is 288 g/mol. The van der Waals surface area contributed by atoms with Crippen molar-refractivity contribution in [2.75, 3.05) is 7.11 Å². The van der Waals surface area contributed by atoms with Crippen molar-refractivity contribution >= 4 is 5.97 Å². The smallest absolute Gasteiger partial charge is 0.311 e. The van der Waals surface area contributed by atoms with Gasteiger partial charge in [-0.2, -0.15) is 0 Å². The summed E-state index contributed by atoms with van der Waals surface area (Å²) in [5.41, 5.74) is 0.963. The van der Waals surface area contributed by atoms with E-state index in [-0.39, 0.29) is 23.7 Å². The van der Waals surface area contributed by atoms with E-state index < -0.39 is 5.97 Å². The molecule has 0 atom stereocenters. The number of benzene rings is 2. The van der Waals surface area contributed by atoms with Crippen LogP contribution in [0.15, 0.2) is 42.5 Å². The average molecular weight is 288 g/mol. The Morgan fingerprint density at radius 3 is 2.43 bits per heavy atom. The molecule has 0 heterocycles. The van der Waals surface area contributed by atoms with Crippen LogP contribution in [-0.2, 0) is 11.2 Å². The van der Waals surface area contributed by atoms with Gasteiger partial charge in [-0.3, -0.25) is 4.79 Å². The van der Waals surface area contributed by atoms with Crippen molar-refractivity contribution in [2.24, 2.45) is 0 Å². The first-order chi connectivity index (χ1) is 10.1. The zero-order valence-corrected chi connectivity index (χ0v) is 11.6. The minimum absolute atomic E-state index is 0.114. The third-order valence-electron chi connectivity index (χ3n) is 2.86. The molecular formula is C16H16O5. The number of rotatable bonds is 5. The van der Waals surface area contributed by atoms with Crippen molar-refractivity contribution < 1.29 is 24.5 Å². The first-order valence-electron chi connectivity index (χ1n) is 6.43. The van der Waals surface area contributed by atoms with E-state index in [0.29, 0.717) is 6.42 Å². The van der Waals surface area contributed by atoms with Gasteiger partial charge in [0.25, 0.3) is 0 Å². The molecule has 0 bridgehead atoms. The molecule has 5 nitrogen and oxygen atoms in total. The van der Waals surface area contributed by atoms with Gasteiger partial charge in [-0.25, -0.2) is 0 Å². The molecule has 0 aliphatic rings. The van der Waals surface area contributed by atoms with Gasteiger partial charge >= 0.3 is 5.97 Å². The van der Waals surface area contributed by atoms with Crippen LogP contribution in [0.2, 0.25) is 0 Å². The van der Waals surface area contributed by atoms with E-state index >= 15 is 0 Å². The Labute approximate surface area is 122 Å². The van der Waals surface area contributed by atoms with Crippen LogP contribution >= 0.6 is 0 Å². The Hall–Kier alpha value is -2.69. The Balaban J connectivity index is 1.92. The van der Waals surface area contributed by atoms with Crippen LogP contribution in [0.25, 0.3) is 0 Å². The summed E-state index contributed by atoms with van der Waals surface area (Å²) in [4.78, 5) is 11.7. The maximum absolute atomic E-state index is 11.7. The maximum Gasteiger partial charge on any atom is 0.311 e. The zero-order valence-electron chi connectivity index (χ0n) is 11.6. The number of hydrogen-bond donors (Lipinski definition) is 2. The number of ether oxygens (including phenoxy) is 2. The summed E-state index contributed by atoms with van der Waals surface area (Å²) in [6, 6.07) is 11.1. The lowest BCUT2D eigenvalue weighted by atomic mass is 10.1. The molecule has 2 aromatic rings. The summed E-state index contributed by atoms with van der Waals surface area (Å²) < 4.78 is 10.2. The van der Waals surface area contributed by atoms with Crippen molar-refractivity contribution in [2.45, 2.75) is 12.8 Å². The predicted octanol–water partition coefficient (Wildman–Crippen LogP) is 2.64. The highest BCUT2D eigenvalue weighted by atomic mass is 16.5. The summed E-state index contributed by atoms with van der Waals surface area (Å²) in [5.74, 6) is 0.0842. The Morgan fingerprint density at radius 2 is 1.76 bits per heavy atom. The van der Waals surface area contributed by atoms with Crippen LogP contribution in [0.1, 0.15) is 12.0 Å². The van der Waals surface area contributed by atoms with Crippen molar-refractivity contribution in [3.63, 3.8) is 0 Å². The number of carbonyl (C=O) groups excluding carboxylic acids is 1. The summed E-state index contributed by atoms with van der Waals surface area (Å²) >= 11 is 0. The Morgan fingerprint density at radius 1 is 1.05 bits per heavy atom. The molecule has 0 saturated carbocycles. The molecule has 110 valence electrons. The molecule has 21 heavy (non-hydrogen) atoms. The second kappa shape index (κ2) is 6.65. The summed E-state index contributed by atoms with van der Waals surface area (Å²) in [5, 5.41) is 18.6. The van der Waals surface area contributed by atoms with Gasteiger partial charge in [0.1, 0.15) is 23.0 Å². The number of aromatic hydroxyl groups is 2. The minimum atomic E-state index is -0.442. The molecule has 0 aliphatic heterocycles. The van der Waals surface area contributed by atoms with Gasteiger partial charge in [0, 0.05) is 24.6 Å². The third-order valence-corrected chi connectivity index (χ3v) is 2.86. The Bertz CT molecular complexity index is 616. The van der Waals surface area contributed by atoms with Gasteiger partial charge in [-0.05, 0) is 24.1 Å². The molecule has 0 radical (unpaired) electrons. The van der Waals surface area contributed by atoms with E-state index in [9.17, 15) is 15.0 Å². The van der Waals surface area contributed by atoms with Crippen LogP contribution in [0.4, 0.5) is 0 Å². The fourth-order valence-corrected chi connectivity index (χ4v) is 1.88. The Kier molecular flexibility index (Phi) is 4.66. The predicted molar refractivity (Wildman–Crippen MR) is 76.7 cm³/mol. The first-order valence-corrected chi connectivity index (χ1v) is 6.43. The lowest BCUT2D eigenvalue weighted by Gasteiger charge is -2.06. The molecule has 0 saturated heterocycles. The maximum atomic E-state index is 11.7. The molecule has 2 N–H and O–H groups in total. The molecule has 0 spiro atoms. The number of phenols is 2. The largest absolute Gasteiger partial charge is 0.508 e. The van der Waals surface area contributed by atoms with Gasteiger partial charge in [0.2, 0.25) is 0 Å². The van der Waals surface area contributed by atoms with Crippen LogP contribution in [0.3, 0.4) is 0 Å². The molecule has 0 fully saturated rings. The molecule has 0 aromatic heterocycles. The van der Waals surface area contributed by atoms with E-state index in [1.807, 2.05) is 24.3 Å². The highest BCUT2D eigenvalue weighted by Gasteiger charge is 2.08. The molecule has 0 amide bonds. The van der Waals surface area contributed by atoms with E-state index in [1.54, 1.807) is 7.11 Å². The van der Waals surface area contributed by atoms with Crippen molar-refractivity contribution in [1.82, 2.24) is 0 Å². The molecule has 2 rings (SSSR count). The normalized spacial score (nSPS) is 10.1.